The average Bonchev–Trinajstić information content (AvgIpc) is 3.11. The number of piperazine rings is 1. The lowest BCUT2D eigenvalue weighted by atomic mass is 10.2. The number of hydrogen-bond acceptors (Lipinski definition) is 5. The van der Waals surface area contributed by atoms with Gasteiger partial charge in [-0.05, 0) is 12.1 Å². The molecule has 0 unspecified atom stereocenters. The second kappa shape index (κ2) is 6.55. The van der Waals surface area contributed by atoms with Crippen LogP contribution in [0.4, 0.5) is 5.13 Å². The highest BCUT2D eigenvalue weighted by molar-refractivity contribution is 7.13. The van der Waals surface area contributed by atoms with Crippen molar-refractivity contribution in [3.05, 3.63) is 56.8 Å². The zero-order chi connectivity index (χ0) is 16.5. The molecular weight excluding hydrogens is 344 g/mol. The fourth-order valence-electron chi connectivity index (χ4n) is 3.08. The Balaban J connectivity index is 1.49. The Bertz CT molecular complexity index is 901. The summed E-state index contributed by atoms with van der Waals surface area (Å²) >= 11 is 7.90. The van der Waals surface area contributed by atoms with Gasteiger partial charge in [0.15, 0.2) is 10.6 Å². The first kappa shape index (κ1) is 15.6. The van der Waals surface area contributed by atoms with Crippen molar-refractivity contribution in [1.29, 1.82) is 0 Å². The van der Waals surface area contributed by atoms with E-state index in [9.17, 15) is 4.79 Å². The number of nitrogens with zero attached hydrogens (tertiary/aromatic N) is 3. The van der Waals surface area contributed by atoms with E-state index in [4.69, 9.17) is 11.6 Å². The van der Waals surface area contributed by atoms with Gasteiger partial charge in [-0.25, -0.2) is 4.98 Å². The summed E-state index contributed by atoms with van der Waals surface area (Å²) in [4.78, 5) is 24.6. The molecule has 7 heteroatoms. The van der Waals surface area contributed by atoms with Crippen molar-refractivity contribution in [1.82, 2.24) is 14.9 Å². The molecule has 1 saturated heterocycles. The fraction of sp³-hybridized carbons (Fsp3) is 0.294. The highest BCUT2D eigenvalue weighted by atomic mass is 35.5. The summed E-state index contributed by atoms with van der Waals surface area (Å²) in [6, 6.07) is 7.09. The number of thiazole rings is 1. The molecule has 2 aromatic heterocycles. The van der Waals surface area contributed by atoms with Crippen LogP contribution in [0.2, 0.25) is 5.02 Å². The van der Waals surface area contributed by atoms with E-state index < -0.39 is 0 Å². The predicted octanol–water partition coefficient (Wildman–Crippen LogP) is 2.96. The van der Waals surface area contributed by atoms with Crippen molar-refractivity contribution < 1.29 is 0 Å². The van der Waals surface area contributed by atoms with Gasteiger partial charge in [0.2, 0.25) is 0 Å². The monoisotopic (exact) mass is 360 g/mol. The quantitative estimate of drug-likeness (QED) is 0.780. The topological polar surface area (TPSA) is 52.2 Å². The molecule has 124 valence electrons. The molecule has 0 bridgehead atoms. The minimum absolute atomic E-state index is 0.0164. The molecule has 0 atom stereocenters. The molecule has 1 aliphatic rings. The minimum atomic E-state index is 0.0164. The number of H-pyrrole nitrogens is 1. The van der Waals surface area contributed by atoms with E-state index in [1.54, 1.807) is 35.6 Å². The van der Waals surface area contributed by atoms with E-state index in [1.165, 1.54) is 0 Å². The van der Waals surface area contributed by atoms with Crippen molar-refractivity contribution in [2.45, 2.75) is 6.54 Å². The van der Waals surface area contributed by atoms with Crippen LogP contribution in [-0.2, 0) is 6.54 Å². The average molecular weight is 361 g/mol. The number of hydrogen-bond donors (Lipinski definition) is 1. The first-order chi connectivity index (χ1) is 11.7. The van der Waals surface area contributed by atoms with Gasteiger partial charge in [-0.1, -0.05) is 17.7 Å². The first-order valence-electron chi connectivity index (χ1n) is 7.88. The van der Waals surface area contributed by atoms with Crippen LogP contribution in [-0.4, -0.2) is 41.0 Å². The van der Waals surface area contributed by atoms with E-state index >= 15 is 0 Å². The van der Waals surface area contributed by atoms with Crippen LogP contribution in [0.25, 0.3) is 10.9 Å². The van der Waals surface area contributed by atoms with Crippen LogP contribution in [0.3, 0.4) is 0 Å². The standard InChI is InChI=1S/C17H17ClN4OS/c18-14-3-1-2-13-15(23)10-12(20-16(13)14)11-21-5-7-22(8-6-21)17-19-4-9-24-17/h1-4,9-10H,5-8,11H2,(H,20,23). The van der Waals surface area contributed by atoms with Crippen molar-refractivity contribution in [3.63, 3.8) is 0 Å². The maximum Gasteiger partial charge on any atom is 0.189 e. The van der Waals surface area contributed by atoms with Gasteiger partial charge < -0.3 is 9.88 Å². The van der Waals surface area contributed by atoms with Crippen LogP contribution >= 0.6 is 22.9 Å². The van der Waals surface area contributed by atoms with Crippen LogP contribution in [0.5, 0.6) is 0 Å². The Morgan fingerprint density at radius 1 is 1.25 bits per heavy atom. The molecule has 3 heterocycles. The molecule has 0 spiro atoms. The Morgan fingerprint density at radius 2 is 2.08 bits per heavy atom. The Labute approximate surface area is 148 Å². The highest BCUT2D eigenvalue weighted by Gasteiger charge is 2.19. The van der Waals surface area contributed by atoms with Crippen LogP contribution in [0, 0.1) is 0 Å². The number of rotatable bonds is 3. The van der Waals surface area contributed by atoms with Gasteiger partial charge in [0.05, 0.1) is 10.5 Å². The fourth-order valence-corrected chi connectivity index (χ4v) is 4.00. The summed E-state index contributed by atoms with van der Waals surface area (Å²) in [6.45, 7) is 4.52. The van der Waals surface area contributed by atoms with Gasteiger partial charge in [-0.2, -0.15) is 0 Å². The molecule has 3 aromatic rings. The van der Waals surface area contributed by atoms with E-state index in [0.29, 0.717) is 10.4 Å². The van der Waals surface area contributed by atoms with Gasteiger partial charge in [-0.15, -0.1) is 11.3 Å². The molecule has 0 aliphatic carbocycles. The zero-order valence-electron chi connectivity index (χ0n) is 13.0. The van der Waals surface area contributed by atoms with Gasteiger partial charge in [0, 0.05) is 61.4 Å². The molecule has 1 fully saturated rings. The summed E-state index contributed by atoms with van der Waals surface area (Å²) < 4.78 is 0. The summed E-state index contributed by atoms with van der Waals surface area (Å²) in [5.74, 6) is 0. The molecule has 1 aromatic carbocycles. The minimum Gasteiger partial charge on any atom is -0.356 e. The van der Waals surface area contributed by atoms with Gasteiger partial charge >= 0.3 is 0 Å². The summed E-state index contributed by atoms with van der Waals surface area (Å²) in [5.41, 5.74) is 1.65. The summed E-state index contributed by atoms with van der Waals surface area (Å²) in [5, 5.41) is 4.31. The molecule has 5 nitrogen and oxygen atoms in total. The predicted molar refractivity (Wildman–Crippen MR) is 99.2 cm³/mol. The lowest BCUT2D eigenvalue weighted by Crippen LogP contribution is -2.46. The molecule has 1 aliphatic heterocycles. The van der Waals surface area contributed by atoms with E-state index in [2.05, 4.69) is 19.8 Å². The van der Waals surface area contributed by atoms with Crippen LogP contribution in [0.1, 0.15) is 5.69 Å². The smallest absolute Gasteiger partial charge is 0.189 e. The second-order valence-corrected chi connectivity index (χ2v) is 7.18. The van der Waals surface area contributed by atoms with Gasteiger partial charge in [-0.3, -0.25) is 9.69 Å². The lowest BCUT2D eigenvalue weighted by molar-refractivity contribution is 0.247. The Hall–Kier alpha value is -1.89. The number of nitrogens with one attached hydrogen (secondary N) is 1. The Kier molecular flexibility index (Phi) is 4.26. The summed E-state index contributed by atoms with van der Waals surface area (Å²) in [7, 11) is 0. The number of anilines is 1. The van der Waals surface area contributed by atoms with Crippen LogP contribution < -0.4 is 10.3 Å². The number of fused-ring (bicyclic) bond motifs is 1. The largest absolute Gasteiger partial charge is 0.356 e. The highest BCUT2D eigenvalue weighted by Crippen LogP contribution is 2.21. The number of aromatic nitrogens is 2. The molecule has 24 heavy (non-hydrogen) atoms. The summed E-state index contributed by atoms with van der Waals surface area (Å²) in [6.07, 6.45) is 1.84. The number of aromatic amines is 1. The van der Waals surface area contributed by atoms with Gasteiger partial charge in [0.1, 0.15) is 0 Å². The van der Waals surface area contributed by atoms with Crippen molar-refractivity contribution in [2.24, 2.45) is 0 Å². The molecule has 4 rings (SSSR count). The van der Waals surface area contributed by atoms with Gasteiger partial charge in [0.25, 0.3) is 0 Å². The van der Waals surface area contributed by atoms with E-state index in [0.717, 1.165) is 49.1 Å². The molecule has 0 amide bonds. The zero-order valence-corrected chi connectivity index (χ0v) is 14.6. The SMILES string of the molecule is O=c1cc(CN2CCN(c3nccs3)CC2)[nH]c2c(Cl)cccc12. The maximum atomic E-state index is 12.3. The third-order valence-electron chi connectivity index (χ3n) is 4.33. The number of para-hydroxylation sites is 1. The number of benzene rings is 1. The van der Waals surface area contributed by atoms with E-state index in [-0.39, 0.29) is 5.43 Å². The number of pyridine rings is 1. The van der Waals surface area contributed by atoms with Crippen LogP contribution in [0.15, 0.2) is 40.6 Å². The van der Waals surface area contributed by atoms with Crippen molar-refractivity contribution >= 4 is 39.0 Å². The number of halogens is 1. The van der Waals surface area contributed by atoms with Crippen molar-refractivity contribution in [2.75, 3.05) is 31.1 Å². The third-order valence-corrected chi connectivity index (χ3v) is 5.47. The lowest BCUT2D eigenvalue weighted by Gasteiger charge is -2.34. The normalized spacial score (nSPS) is 16.0. The molecule has 1 N–H and O–H groups in total. The third kappa shape index (κ3) is 3.05. The molecular formula is C17H17ClN4OS. The molecule has 0 saturated carbocycles. The Morgan fingerprint density at radius 3 is 2.83 bits per heavy atom. The second-order valence-electron chi connectivity index (χ2n) is 5.90. The van der Waals surface area contributed by atoms with Crippen molar-refractivity contribution in [3.8, 4) is 0 Å². The first-order valence-corrected chi connectivity index (χ1v) is 9.14. The maximum absolute atomic E-state index is 12.3. The molecule has 0 radical (unpaired) electrons. The van der Waals surface area contributed by atoms with E-state index in [1.807, 2.05) is 11.6 Å².